The Bertz CT molecular complexity index is 1640. The van der Waals surface area contributed by atoms with Crippen LogP contribution in [-0.2, 0) is 14.2 Å². The third-order valence-corrected chi connectivity index (χ3v) is 9.03. The lowest BCUT2D eigenvalue weighted by atomic mass is 9.58. The molecule has 0 saturated carbocycles. The topological polar surface area (TPSA) is 137 Å². The number of phenols is 1. The van der Waals surface area contributed by atoms with Gasteiger partial charge in [-0.3, -0.25) is 14.5 Å². The number of benzene rings is 3. The number of rotatable bonds is 9. The van der Waals surface area contributed by atoms with E-state index in [9.17, 15) is 29.8 Å². The summed E-state index contributed by atoms with van der Waals surface area (Å²) < 4.78 is 12.3. The normalized spacial score (nSPS) is 23.2. The fraction of sp³-hybridized carbons (Fsp3) is 0.294. The number of allylic oxidation sites excluding steroid dienone is 1. The maximum atomic E-state index is 14.1. The van der Waals surface area contributed by atoms with Crippen LogP contribution in [0.15, 0.2) is 95.6 Å². The summed E-state index contributed by atoms with van der Waals surface area (Å²) in [7, 11) is -2.86. The van der Waals surface area contributed by atoms with Crippen LogP contribution >= 0.6 is 0 Å². The van der Waals surface area contributed by atoms with Crippen LogP contribution in [0.4, 0.5) is 5.69 Å². The molecule has 3 aromatic carbocycles. The van der Waals surface area contributed by atoms with Crippen LogP contribution in [0, 0.1) is 17.8 Å². The molecule has 3 aliphatic rings. The van der Waals surface area contributed by atoms with Gasteiger partial charge < -0.3 is 29.6 Å². The first-order valence-electron chi connectivity index (χ1n) is 15.2. The first-order valence-corrected chi connectivity index (χ1v) is 15.2. The van der Waals surface area contributed by atoms with Gasteiger partial charge in [-0.25, -0.2) is 0 Å². The number of fused-ring (bicyclic) bond motifs is 3. The van der Waals surface area contributed by atoms with Crippen molar-refractivity contribution in [3.63, 3.8) is 0 Å². The van der Waals surface area contributed by atoms with Crippen LogP contribution in [0.2, 0.25) is 6.32 Å². The highest BCUT2D eigenvalue weighted by Gasteiger charge is 2.57. The number of para-hydroxylation sites is 2. The van der Waals surface area contributed by atoms with E-state index in [1.807, 2.05) is 55.5 Å². The first-order chi connectivity index (χ1) is 21.7. The average Bonchev–Trinajstić information content (AvgIpc) is 3.29. The fourth-order valence-electron chi connectivity index (χ4n) is 6.97. The van der Waals surface area contributed by atoms with Crippen molar-refractivity contribution in [3.8, 4) is 11.5 Å². The second-order valence-corrected chi connectivity index (χ2v) is 12.0. The molecule has 4 atom stereocenters. The Hall–Kier alpha value is -4.15. The van der Waals surface area contributed by atoms with Crippen molar-refractivity contribution < 1.29 is 39.2 Å². The molecular weight excluding hydrogens is 572 g/mol. The molecule has 3 aromatic rings. The Morgan fingerprint density at radius 1 is 1.02 bits per heavy atom. The van der Waals surface area contributed by atoms with Crippen LogP contribution in [0.1, 0.15) is 31.7 Å². The summed E-state index contributed by atoms with van der Waals surface area (Å²) in [6, 6.07) is 22.6. The predicted molar refractivity (Wildman–Crippen MR) is 171 cm³/mol. The van der Waals surface area contributed by atoms with Gasteiger partial charge in [-0.15, -0.1) is 0 Å². The van der Waals surface area contributed by atoms with Crippen LogP contribution < -0.4 is 15.1 Å². The number of imide groups is 1. The summed E-state index contributed by atoms with van der Waals surface area (Å²) in [5.74, 6) is -1.66. The zero-order valence-electron chi connectivity index (χ0n) is 25.0. The van der Waals surface area contributed by atoms with Crippen LogP contribution in [0.25, 0.3) is 6.08 Å². The van der Waals surface area contributed by atoms with E-state index in [0.29, 0.717) is 30.6 Å². The molecule has 0 bridgehead atoms. The molecule has 11 heteroatoms. The summed E-state index contributed by atoms with van der Waals surface area (Å²) in [6.07, 6.45) is 3.01. The number of aromatic hydroxyl groups is 1. The van der Waals surface area contributed by atoms with Crippen molar-refractivity contribution >= 4 is 43.3 Å². The Balaban J connectivity index is 1.33. The minimum atomic E-state index is -1.75. The Kier molecular flexibility index (Phi) is 8.96. The molecule has 6 rings (SSSR count). The monoisotopic (exact) mass is 607 g/mol. The molecule has 0 aromatic heterocycles. The van der Waals surface area contributed by atoms with Gasteiger partial charge in [0, 0.05) is 5.56 Å². The largest absolute Gasteiger partial charge is 0.507 e. The lowest BCUT2D eigenvalue weighted by Gasteiger charge is -2.43. The van der Waals surface area contributed by atoms with Crippen molar-refractivity contribution in [2.45, 2.75) is 38.6 Å². The highest BCUT2D eigenvalue weighted by atomic mass is 16.5. The number of hydrogen-bond donors (Lipinski definition) is 4. The fourth-order valence-corrected chi connectivity index (χ4v) is 6.97. The smallest absolute Gasteiger partial charge is 0.488 e. The predicted octanol–water partition coefficient (Wildman–Crippen LogP) is 3.34. The summed E-state index contributed by atoms with van der Waals surface area (Å²) in [5, 5.41) is 40.5. The molecule has 2 heterocycles. The molecule has 2 fully saturated rings. The highest BCUT2D eigenvalue weighted by Crippen LogP contribution is 2.51. The summed E-state index contributed by atoms with van der Waals surface area (Å²) in [6.45, 7) is 2.18. The molecular formula is C34H35B2NO8. The van der Waals surface area contributed by atoms with Crippen molar-refractivity contribution in [1.82, 2.24) is 0 Å². The number of ether oxygens (including phenoxy) is 1. The van der Waals surface area contributed by atoms with Gasteiger partial charge in [-0.1, -0.05) is 60.2 Å². The quantitative estimate of drug-likeness (QED) is 0.165. The summed E-state index contributed by atoms with van der Waals surface area (Å²) in [4.78, 5) is 29.1. The molecule has 2 amide bonds. The Labute approximate surface area is 262 Å². The third kappa shape index (κ3) is 6.35. The van der Waals surface area contributed by atoms with E-state index in [1.54, 1.807) is 24.3 Å². The minimum absolute atomic E-state index is 0.163. The molecule has 0 radical (unpaired) electrons. The number of hydrogen-bond acceptors (Lipinski definition) is 8. The van der Waals surface area contributed by atoms with Crippen molar-refractivity contribution in [2.75, 3.05) is 11.5 Å². The van der Waals surface area contributed by atoms with Crippen molar-refractivity contribution in [2.24, 2.45) is 17.8 Å². The number of amides is 2. The zero-order valence-corrected chi connectivity index (χ0v) is 25.0. The van der Waals surface area contributed by atoms with E-state index in [1.165, 1.54) is 12.1 Å². The molecule has 4 N–H and O–H groups in total. The maximum Gasteiger partial charge on any atom is 0.488 e. The van der Waals surface area contributed by atoms with Crippen LogP contribution in [0.3, 0.4) is 0 Å². The molecule has 230 valence electrons. The highest BCUT2D eigenvalue weighted by molar-refractivity contribution is 6.58. The average molecular weight is 607 g/mol. The summed E-state index contributed by atoms with van der Waals surface area (Å²) in [5.41, 5.74) is 3.96. The SMILES string of the molecule is C/C(=C\c1ccccc1O)CC[C@H]1OB(O)C[C@H]2C1=C(COc1ccccc1)C[C@H]1C(=O)N(c3cccc(B(O)O)c3)C(=O)[C@H]12. The van der Waals surface area contributed by atoms with Gasteiger partial charge >= 0.3 is 14.2 Å². The Morgan fingerprint density at radius 2 is 1.78 bits per heavy atom. The van der Waals surface area contributed by atoms with Crippen LogP contribution in [-0.4, -0.2) is 58.9 Å². The number of anilines is 1. The van der Waals surface area contributed by atoms with Gasteiger partial charge in [0.15, 0.2) is 0 Å². The molecule has 45 heavy (non-hydrogen) atoms. The molecule has 2 saturated heterocycles. The number of carbonyl (C=O) groups is 2. The van der Waals surface area contributed by atoms with Gasteiger partial charge in [0.05, 0.1) is 23.6 Å². The number of phenolic OH excluding ortho intramolecular Hbond substituents is 1. The lowest BCUT2D eigenvalue weighted by molar-refractivity contribution is -0.122. The minimum Gasteiger partial charge on any atom is -0.507 e. The molecule has 2 aliphatic heterocycles. The van der Waals surface area contributed by atoms with Crippen molar-refractivity contribution in [3.05, 3.63) is 101 Å². The second-order valence-electron chi connectivity index (χ2n) is 12.0. The first kappa shape index (κ1) is 30.9. The summed E-state index contributed by atoms with van der Waals surface area (Å²) >= 11 is 0. The van der Waals surface area contributed by atoms with Gasteiger partial charge in [-0.2, -0.15) is 0 Å². The van der Waals surface area contributed by atoms with E-state index in [2.05, 4.69) is 0 Å². The van der Waals surface area contributed by atoms with Crippen LogP contribution in [0.5, 0.6) is 11.5 Å². The Morgan fingerprint density at radius 3 is 2.53 bits per heavy atom. The van der Waals surface area contributed by atoms with E-state index in [4.69, 9.17) is 9.39 Å². The van der Waals surface area contributed by atoms with Crippen molar-refractivity contribution in [1.29, 1.82) is 0 Å². The molecule has 1 aliphatic carbocycles. The standard InChI is InChI=1S/C34H35B2NO8/c1-21(16-22-8-5-6-13-29(22)38)14-15-30-31-23(20-44-26-11-3-2-4-12-26)17-27-32(28(31)19-35(41)45-30)34(40)37(33(27)39)25-10-7-9-24(18-25)36(42)43/h2-13,16,18,27-28,30,32,38,41-43H,14-15,17,19-20H2,1H3/b21-16+/t27-,28+,30-,32-/m1/s1. The third-order valence-electron chi connectivity index (χ3n) is 9.03. The van der Waals surface area contributed by atoms with E-state index >= 15 is 0 Å². The number of carbonyl (C=O) groups excluding carboxylic acids is 2. The van der Waals surface area contributed by atoms with E-state index in [0.717, 1.165) is 21.6 Å². The maximum absolute atomic E-state index is 14.1. The zero-order chi connectivity index (χ0) is 31.7. The number of nitrogens with zero attached hydrogens (tertiary/aromatic N) is 1. The van der Waals surface area contributed by atoms with E-state index in [-0.39, 0.29) is 41.6 Å². The molecule has 0 spiro atoms. The molecule has 0 unspecified atom stereocenters. The van der Waals surface area contributed by atoms with Gasteiger partial charge in [0.1, 0.15) is 18.1 Å². The van der Waals surface area contributed by atoms with Gasteiger partial charge in [0.25, 0.3) is 0 Å². The second kappa shape index (κ2) is 13.1. The lowest BCUT2D eigenvalue weighted by Crippen LogP contribution is -2.46. The van der Waals surface area contributed by atoms with Gasteiger partial charge in [0.2, 0.25) is 11.8 Å². The van der Waals surface area contributed by atoms with E-state index < -0.39 is 38.1 Å². The molecule has 9 nitrogen and oxygen atoms in total. The van der Waals surface area contributed by atoms with Gasteiger partial charge in [-0.05, 0) is 85.4 Å².